The highest BCUT2D eigenvalue weighted by molar-refractivity contribution is 7.89. The molecule has 0 bridgehead atoms. The summed E-state index contributed by atoms with van der Waals surface area (Å²) in [6, 6.07) is 12.9. The summed E-state index contributed by atoms with van der Waals surface area (Å²) >= 11 is 0. The van der Waals surface area contributed by atoms with Crippen LogP contribution in [0.15, 0.2) is 57.9 Å². The van der Waals surface area contributed by atoms with Gasteiger partial charge in [0.25, 0.3) is 5.91 Å². The number of carbonyl (C=O) groups is 1. The molecule has 0 radical (unpaired) electrons. The Balaban J connectivity index is 1.69. The molecule has 9 heteroatoms. The number of amides is 1. The number of anilines is 1. The van der Waals surface area contributed by atoms with Gasteiger partial charge in [-0.15, -0.1) is 0 Å². The van der Waals surface area contributed by atoms with Crippen molar-refractivity contribution in [3.63, 3.8) is 0 Å². The van der Waals surface area contributed by atoms with E-state index in [-0.39, 0.29) is 16.2 Å². The summed E-state index contributed by atoms with van der Waals surface area (Å²) in [5, 5.41) is 6.81. The smallest absolute Gasteiger partial charge is 0.255 e. The van der Waals surface area contributed by atoms with Gasteiger partial charge in [0.1, 0.15) is 0 Å². The Hall–Kier alpha value is -3.04. The van der Waals surface area contributed by atoms with Crippen molar-refractivity contribution in [1.82, 2.24) is 14.9 Å². The van der Waals surface area contributed by atoms with Gasteiger partial charge >= 0.3 is 0 Å². The monoisotopic (exact) mass is 456 g/mol. The minimum absolute atomic E-state index is 0.100. The molecule has 0 aliphatic carbocycles. The van der Waals surface area contributed by atoms with Gasteiger partial charge < -0.3 is 9.84 Å². The number of rotatable bonds is 5. The Morgan fingerprint density at radius 2 is 1.50 bits per heavy atom. The molecule has 0 aliphatic heterocycles. The van der Waals surface area contributed by atoms with E-state index in [0.29, 0.717) is 23.0 Å². The summed E-state index contributed by atoms with van der Waals surface area (Å²) in [5.41, 5.74) is 0.859. The second-order valence-corrected chi connectivity index (χ2v) is 11.3. The molecule has 0 fully saturated rings. The van der Waals surface area contributed by atoms with E-state index < -0.39 is 15.6 Å². The van der Waals surface area contributed by atoms with Crippen LogP contribution in [0, 0.1) is 0 Å². The molecule has 32 heavy (non-hydrogen) atoms. The number of nitrogens with one attached hydrogen (secondary N) is 2. The summed E-state index contributed by atoms with van der Waals surface area (Å²) in [6.07, 6.45) is 0. The van der Waals surface area contributed by atoms with Crippen LogP contribution in [-0.4, -0.2) is 30.0 Å². The zero-order chi connectivity index (χ0) is 23.7. The van der Waals surface area contributed by atoms with Crippen molar-refractivity contribution < 1.29 is 17.7 Å². The van der Waals surface area contributed by atoms with Gasteiger partial charge in [-0.2, -0.15) is 4.98 Å². The number of nitrogens with zero attached hydrogens (tertiary/aromatic N) is 2. The van der Waals surface area contributed by atoms with Crippen LogP contribution in [0.5, 0.6) is 0 Å². The van der Waals surface area contributed by atoms with Crippen molar-refractivity contribution in [3.05, 3.63) is 60.0 Å². The first-order chi connectivity index (χ1) is 14.7. The van der Waals surface area contributed by atoms with E-state index in [1.54, 1.807) is 45.0 Å². The molecule has 1 aromatic heterocycles. The highest BCUT2D eigenvalue weighted by Gasteiger charge is 2.23. The summed E-state index contributed by atoms with van der Waals surface area (Å²) in [4.78, 5) is 17.1. The number of aromatic nitrogens is 2. The van der Waals surface area contributed by atoms with Crippen molar-refractivity contribution in [2.45, 2.75) is 57.4 Å². The quantitative estimate of drug-likeness (QED) is 0.589. The molecule has 2 N–H and O–H groups in total. The molecule has 0 spiro atoms. The maximum atomic E-state index is 12.6. The van der Waals surface area contributed by atoms with Crippen molar-refractivity contribution in [2.24, 2.45) is 0 Å². The zero-order valence-electron chi connectivity index (χ0n) is 19.1. The number of carbonyl (C=O) groups excluding carboxylic acids is 1. The lowest BCUT2D eigenvalue weighted by atomic mass is 9.97. The van der Waals surface area contributed by atoms with E-state index in [1.165, 1.54) is 24.3 Å². The fourth-order valence-corrected chi connectivity index (χ4v) is 4.22. The van der Waals surface area contributed by atoms with Gasteiger partial charge in [0, 0.05) is 27.8 Å². The van der Waals surface area contributed by atoms with E-state index in [4.69, 9.17) is 4.52 Å². The molecule has 0 atom stereocenters. The third-order valence-electron chi connectivity index (χ3n) is 4.34. The van der Waals surface area contributed by atoms with Gasteiger partial charge in [0.15, 0.2) is 0 Å². The van der Waals surface area contributed by atoms with E-state index in [1.807, 2.05) is 20.8 Å². The molecule has 1 heterocycles. The van der Waals surface area contributed by atoms with Gasteiger partial charge in [-0.05, 0) is 69.3 Å². The zero-order valence-corrected chi connectivity index (χ0v) is 19.9. The second-order valence-electron chi connectivity index (χ2n) is 9.58. The average molecular weight is 457 g/mol. The van der Waals surface area contributed by atoms with Crippen LogP contribution in [0.3, 0.4) is 0 Å². The van der Waals surface area contributed by atoms with Gasteiger partial charge in [-0.1, -0.05) is 25.9 Å². The molecule has 0 aliphatic rings. The fraction of sp³-hybridized carbons (Fsp3) is 0.348. The van der Waals surface area contributed by atoms with Crippen LogP contribution >= 0.6 is 0 Å². The van der Waals surface area contributed by atoms with Crippen LogP contribution in [-0.2, 0) is 15.4 Å². The van der Waals surface area contributed by atoms with E-state index in [9.17, 15) is 13.2 Å². The number of sulfonamides is 1. The Morgan fingerprint density at radius 1 is 0.906 bits per heavy atom. The van der Waals surface area contributed by atoms with Crippen LogP contribution in [0.25, 0.3) is 11.4 Å². The summed E-state index contributed by atoms with van der Waals surface area (Å²) in [7, 11) is -3.66. The molecular weight excluding hydrogens is 428 g/mol. The first-order valence-corrected chi connectivity index (χ1v) is 11.6. The summed E-state index contributed by atoms with van der Waals surface area (Å²) in [5.74, 6) is 0.682. The minimum Gasteiger partial charge on any atom is -0.338 e. The van der Waals surface area contributed by atoms with Crippen molar-refractivity contribution in [3.8, 4) is 11.4 Å². The topological polar surface area (TPSA) is 114 Å². The normalized spacial score (nSPS) is 12.6. The van der Waals surface area contributed by atoms with Gasteiger partial charge in [-0.25, -0.2) is 13.1 Å². The van der Waals surface area contributed by atoms with Crippen LogP contribution in [0.4, 0.5) is 5.69 Å². The van der Waals surface area contributed by atoms with E-state index in [0.717, 1.165) is 5.56 Å². The molecule has 2 aromatic carbocycles. The Kier molecular flexibility index (Phi) is 6.26. The first-order valence-electron chi connectivity index (χ1n) is 10.1. The summed E-state index contributed by atoms with van der Waals surface area (Å²) in [6.45, 7) is 11.3. The van der Waals surface area contributed by atoms with Gasteiger partial charge in [-0.3, -0.25) is 4.79 Å². The third-order valence-corrected chi connectivity index (χ3v) is 6.11. The van der Waals surface area contributed by atoms with Gasteiger partial charge in [0.05, 0.1) is 4.90 Å². The largest absolute Gasteiger partial charge is 0.338 e. The minimum atomic E-state index is -3.66. The predicted octanol–water partition coefficient (Wildman–Crippen LogP) is 4.36. The molecule has 8 nitrogen and oxygen atoms in total. The lowest BCUT2D eigenvalue weighted by Gasteiger charge is -2.20. The maximum Gasteiger partial charge on any atom is 0.255 e. The first kappa shape index (κ1) is 23.6. The molecule has 0 saturated heterocycles. The summed E-state index contributed by atoms with van der Waals surface area (Å²) < 4.78 is 32.7. The number of hydrogen-bond acceptors (Lipinski definition) is 6. The Bertz CT molecular complexity index is 1200. The van der Waals surface area contributed by atoms with Crippen LogP contribution in [0.1, 0.15) is 57.8 Å². The molecule has 0 unspecified atom stereocenters. The number of hydrogen-bond donors (Lipinski definition) is 2. The fourth-order valence-electron chi connectivity index (χ4n) is 2.80. The van der Waals surface area contributed by atoms with Crippen molar-refractivity contribution in [2.75, 3.05) is 5.32 Å². The standard InChI is InChI=1S/C23H28N4O4S/c1-22(2,3)21-25-19(26-31-21)15-7-11-17(12-8-15)24-20(28)16-9-13-18(14-10-16)32(29,30)27-23(4,5)6/h7-14,27H,1-6H3,(H,24,28). The molecule has 170 valence electrons. The third kappa shape index (κ3) is 5.80. The Labute approximate surface area is 188 Å². The molecule has 0 saturated carbocycles. The molecule has 1 amide bonds. The van der Waals surface area contributed by atoms with Crippen molar-refractivity contribution in [1.29, 1.82) is 0 Å². The molecule has 3 aromatic rings. The maximum absolute atomic E-state index is 12.6. The Morgan fingerprint density at radius 3 is 2.00 bits per heavy atom. The predicted molar refractivity (Wildman–Crippen MR) is 123 cm³/mol. The molecular formula is C23H28N4O4S. The van der Waals surface area contributed by atoms with E-state index >= 15 is 0 Å². The highest BCUT2D eigenvalue weighted by atomic mass is 32.2. The second kappa shape index (κ2) is 8.48. The lowest BCUT2D eigenvalue weighted by Crippen LogP contribution is -2.40. The van der Waals surface area contributed by atoms with Crippen LogP contribution in [0.2, 0.25) is 0 Å². The van der Waals surface area contributed by atoms with Crippen molar-refractivity contribution >= 4 is 21.6 Å². The van der Waals surface area contributed by atoms with Crippen LogP contribution < -0.4 is 10.0 Å². The van der Waals surface area contributed by atoms with Gasteiger partial charge in [0.2, 0.25) is 21.7 Å². The SMILES string of the molecule is CC(C)(C)NS(=O)(=O)c1ccc(C(=O)Nc2ccc(-c3noc(C(C)(C)C)n3)cc2)cc1. The highest BCUT2D eigenvalue weighted by Crippen LogP contribution is 2.25. The van der Waals surface area contributed by atoms with E-state index in [2.05, 4.69) is 20.2 Å². The average Bonchev–Trinajstić information content (AvgIpc) is 3.17. The number of benzene rings is 2. The lowest BCUT2D eigenvalue weighted by molar-refractivity contribution is 0.102. The molecule has 3 rings (SSSR count).